The molecule has 2 aliphatic rings. The van der Waals surface area contributed by atoms with E-state index in [0.717, 1.165) is 75.7 Å². The first kappa shape index (κ1) is 22.7. The number of rotatable bonds is 9. The first-order valence-electron chi connectivity index (χ1n) is 11.5. The van der Waals surface area contributed by atoms with Gasteiger partial charge >= 0.3 is 11.9 Å². The van der Waals surface area contributed by atoms with Gasteiger partial charge in [0.15, 0.2) is 0 Å². The highest BCUT2D eigenvalue weighted by molar-refractivity contribution is 5.71. The highest BCUT2D eigenvalue weighted by atomic mass is 16.5. The third kappa shape index (κ3) is 10.7. The van der Waals surface area contributed by atoms with Crippen molar-refractivity contribution in [1.82, 2.24) is 0 Å². The van der Waals surface area contributed by atoms with Crippen LogP contribution in [0.15, 0.2) is 23.7 Å². The molecule has 0 atom stereocenters. The Morgan fingerprint density at radius 1 is 0.607 bits per heavy atom. The Labute approximate surface area is 170 Å². The van der Waals surface area contributed by atoms with Gasteiger partial charge in [0.1, 0.15) is 11.5 Å². The Bertz CT molecular complexity index is 485. The summed E-state index contributed by atoms with van der Waals surface area (Å²) in [4.78, 5) is 24.0. The molecule has 0 spiro atoms. The van der Waals surface area contributed by atoms with Gasteiger partial charge in [0, 0.05) is 25.7 Å². The molecule has 0 bridgehead atoms. The molecule has 0 aromatic rings. The molecule has 2 aliphatic carbocycles. The molecule has 0 fully saturated rings. The molecule has 4 nitrogen and oxygen atoms in total. The number of unbranched alkanes of at least 4 members (excludes halogenated alkanes) is 3. The summed E-state index contributed by atoms with van der Waals surface area (Å²) in [5.41, 5.74) is 0. The van der Waals surface area contributed by atoms with Crippen molar-refractivity contribution < 1.29 is 19.1 Å². The minimum Gasteiger partial charge on any atom is -0.431 e. The van der Waals surface area contributed by atoms with Crippen LogP contribution in [0.2, 0.25) is 0 Å². The van der Waals surface area contributed by atoms with Crippen molar-refractivity contribution >= 4 is 11.9 Å². The van der Waals surface area contributed by atoms with Crippen molar-refractivity contribution in [3.63, 3.8) is 0 Å². The van der Waals surface area contributed by atoms with Gasteiger partial charge < -0.3 is 9.47 Å². The van der Waals surface area contributed by atoms with Gasteiger partial charge in [-0.25, -0.2) is 0 Å². The van der Waals surface area contributed by atoms with E-state index in [4.69, 9.17) is 9.47 Å². The molecule has 0 amide bonds. The Balaban J connectivity index is 1.50. The van der Waals surface area contributed by atoms with Gasteiger partial charge in [-0.1, -0.05) is 38.5 Å². The number of ether oxygens (including phenoxy) is 2. The van der Waals surface area contributed by atoms with E-state index in [2.05, 4.69) is 12.2 Å². The fourth-order valence-corrected chi connectivity index (χ4v) is 3.80. The Hall–Kier alpha value is -1.58. The number of hydrogen-bond donors (Lipinski definition) is 0. The van der Waals surface area contributed by atoms with Gasteiger partial charge in [-0.15, -0.1) is 0 Å². The molecule has 28 heavy (non-hydrogen) atoms. The second-order valence-electron chi connectivity index (χ2n) is 8.11. The minimum absolute atomic E-state index is 0.109. The number of esters is 2. The van der Waals surface area contributed by atoms with E-state index in [1.54, 1.807) is 0 Å². The quantitative estimate of drug-likeness (QED) is 0.318. The van der Waals surface area contributed by atoms with E-state index in [1.807, 2.05) is 0 Å². The van der Waals surface area contributed by atoms with Crippen LogP contribution in [0.4, 0.5) is 0 Å². The summed E-state index contributed by atoms with van der Waals surface area (Å²) in [5, 5.41) is 0. The highest BCUT2D eigenvalue weighted by Crippen LogP contribution is 2.20. The van der Waals surface area contributed by atoms with Crippen molar-refractivity contribution in [2.45, 2.75) is 116 Å². The molecule has 0 aromatic heterocycles. The summed E-state index contributed by atoms with van der Waals surface area (Å²) in [7, 11) is 0. The van der Waals surface area contributed by atoms with Crippen LogP contribution in [0.3, 0.4) is 0 Å². The van der Waals surface area contributed by atoms with E-state index in [9.17, 15) is 9.59 Å². The largest absolute Gasteiger partial charge is 0.431 e. The van der Waals surface area contributed by atoms with Crippen molar-refractivity contribution in [3.05, 3.63) is 23.7 Å². The fraction of sp³-hybridized carbons (Fsp3) is 0.750. The number of carbonyl (C=O) groups is 2. The van der Waals surface area contributed by atoms with E-state index in [1.165, 1.54) is 38.5 Å². The van der Waals surface area contributed by atoms with Gasteiger partial charge in [0.25, 0.3) is 0 Å². The molecule has 0 unspecified atom stereocenters. The van der Waals surface area contributed by atoms with Crippen LogP contribution in [-0.4, -0.2) is 11.9 Å². The average molecular weight is 391 g/mol. The third-order valence-corrected chi connectivity index (χ3v) is 5.50. The number of allylic oxidation sites excluding steroid dienone is 4. The lowest BCUT2D eigenvalue weighted by molar-refractivity contribution is -0.141. The topological polar surface area (TPSA) is 52.6 Å². The fourth-order valence-electron chi connectivity index (χ4n) is 3.80. The first-order valence-corrected chi connectivity index (χ1v) is 11.5. The molecular weight excluding hydrogens is 352 g/mol. The predicted octanol–water partition coefficient (Wildman–Crippen LogP) is 6.89. The van der Waals surface area contributed by atoms with Crippen molar-refractivity contribution in [2.75, 3.05) is 0 Å². The Kier molecular flexibility index (Phi) is 11.7. The SMILES string of the molecule is O=C(CCCCCCC(=O)OC1=CCCCCCC1)OC1=CCCCCCC1. The molecule has 0 heterocycles. The lowest BCUT2D eigenvalue weighted by Gasteiger charge is -2.12. The van der Waals surface area contributed by atoms with Crippen LogP contribution in [-0.2, 0) is 19.1 Å². The van der Waals surface area contributed by atoms with Crippen LogP contribution in [0.5, 0.6) is 0 Å². The summed E-state index contributed by atoms with van der Waals surface area (Å²) in [6.45, 7) is 0. The van der Waals surface area contributed by atoms with Gasteiger partial charge in [0.05, 0.1) is 0 Å². The Morgan fingerprint density at radius 3 is 1.50 bits per heavy atom. The lowest BCUT2D eigenvalue weighted by Crippen LogP contribution is -2.06. The van der Waals surface area contributed by atoms with E-state index in [0.29, 0.717) is 12.8 Å². The third-order valence-electron chi connectivity index (χ3n) is 5.50. The van der Waals surface area contributed by atoms with E-state index < -0.39 is 0 Å². The smallest absolute Gasteiger partial charge is 0.310 e. The summed E-state index contributed by atoms with van der Waals surface area (Å²) in [6.07, 6.45) is 22.1. The van der Waals surface area contributed by atoms with E-state index >= 15 is 0 Å². The van der Waals surface area contributed by atoms with Crippen molar-refractivity contribution in [3.8, 4) is 0 Å². The molecule has 0 aromatic carbocycles. The molecule has 0 radical (unpaired) electrons. The molecule has 158 valence electrons. The van der Waals surface area contributed by atoms with Gasteiger partial charge in [0.2, 0.25) is 0 Å². The highest BCUT2D eigenvalue weighted by Gasteiger charge is 2.11. The second-order valence-corrected chi connectivity index (χ2v) is 8.11. The molecule has 0 saturated carbocycles. The van der Waals surface area contributed by atoms with Crippen molar-refractivity contribution in [1.29, 1.82) is 0 Å². The van der Waals surface area contributed by atoms with Gasteiger partial charge in [-0.2, -0.15) is 0 Å². The Morgan fingerprint density at radius 2 is 1.04 bits per heavy atom. The summed E-state index contributed by atoms with van der Waals surface area (Å²) < 4.78 is 11.0. The van der Waals surface area contributed by atoms with Crippen LogP contribution < -0.4 is 0 Å². The molecule has 0 saturated heterocycles. The van der Waals surface area contributed by atoms with Crippen LogP contribution in [0.25, 0.3) is 0 Å². The van der Waals surface area contributed by atoms with Gasteiger partial charge in [-0.05, 0) is 63.5 Å². The maximum absolute atomic E-state index is 12.0. The molecule has 0 aliphatic heterocycles. The monoisotopic (exact) mass is 390 g/mol. The van der Waals surface area contributed by atoms with Crippen molar-refractivity contribution in [2.24, 2.45) is 0 Å². The lowest BCUT2D eigenvalue weighted by atomic mass is 10.1. The van der Waals surface area contributed by atoms with E-state index in [-0.39, 0.29) is 11.9 Å². The summed E-state index contributed by atoms with van der Waals surface area (Å²) in [5.74, 6) is 1.52. The molecule has 4 heteroatoms. The van der Waals surface area contributed by atoms with Crippen LogP contribution in [0.1, 0.15) is 116 Å². The first-order chi connectivity index (χ1) is 13.7. The van der Waals surface area contributed by atoms with Gasteiger partial charge in [-0.3, -0.25) is 9.59 Å². The summed E-state index contributed by atoms with van der Waals surface area (Å²) in [6, 6.07) is 0. The maximum atomic E-state index is 12.0. The van der Waals surface area contributed by atoms with Crippen LogP contribution >= 0.6 is 0 Å². The second kappa shape index (κ2) is 14.4. The zero-order valence-electron chi connectivity index (χ0n) is 17.5. The maximum Gasteiger partial charge on any atom is 0.310 e. The molecule has 0 N–H and O–H groups in total. The van der Waals surface area contributed by atoms with Crippen LogP contribution in [0, 0.1) is 0 Å². The minimum atomic E-state index is -0.109. The average Bonchev–Trinajstić information content (AvgIpc) is 2.62. The predicted molar refractivity (Wildman–Crippen MR) is 111 cm³/mol. The zero-order valence-corrected chi connectivity index (χ0v) is 17.5. The standard InChI is InChI=1S/C24H38O4/c25-23(27-21-15-9-3-1-4-10-16-21)19-13-7-8-14-20-24(26)28-22-17-11-5-2-6-12-18-22/h15,17H,1-14,16,18-20H2. The molecule has 2 rings (SSSR count). The summed E-state index contributed by atoms with van der Waals surface area (Å²) >= 11 is 0. The normalized spacial score (nSPS) is 18.6. The number of carbonyl (C=O) groups excluding carboxylic acids is 2. The molecular formula is C24H38O4. The zero-order chi connectivity index (χ0) is 19.9. The number of hydrogen-bond acceptors (Lipinski definition) is 4.